The van der Waals surface area contributed by atoms with Gasteiger partial charge in [-0.3, -0.25) is 4.79 Å². The van der Waals surface area contributed by atoms with Crippen LogP contribution in [0.5, 0.6) is 5.88 Å². The van der Waals surface area contributed by atoms with Crippen LogP contribution in [0, 0.1) is 0 Å². The average Bonchev–Trinajstić information content (AvgIpc) is 2.45. The highest BCUT2D eigenvalue weighted by molar-refractivity contribution is 5.77. The van der Waals surface area contributed by atoms with Crippen molar-refractivity contribution in [3.8, 4) is 5.88 Å². The van der Waals surface area contributed by atoms with Crippen molar-refractivity contribution in [2.45, 2.75) is 12.8 Å². The summed E-state index contributed by atoms with van der Waals surface area (Å²) in [7, 11) is 0. The van der Waals surface area contributed by atoms with E-state index in [-0.39, 0.29) is 12.5 Å². The van der Waals surface area contributed by atoms with E-state index in [1.54, 1.807) is 24.3 Å². The third kappa shape index (κ3) is 3.34. The number of carbonyl (C=O) groups excluding carboxylic acids is 1. The molecule has 0 N–H and O–H groups in total. The van der Waals surface area contributed by atoms with Gasteiger partial charge in [-0.1, -0.05) is 24.3 Å². The maximum Gasteiger partial charge on any atom is 0.417 e. The maximum absolute atomic E-state index is 12.3. The Balaban J connectivity index is 2.06. The molecule has 0 atom stereocenters. The van der Waals surface area contributed by atoms with E-state index in [1.165, 1.54) is 0 Å². The maximum atomic E-state index is 12.3. The monoisotopic (exact) mass is 281 g/mol. The van der Waals surface area contributed by atoms with Crippen LogP contribution in [0.2, 0.25) is 0 Å². The predicted octanol–water partition coefficient (Wildman–Crippen LogP) is 3.49. The lowest BCUT2D eigenvalue weighted by atomic mass is 10.1. The van der Waals surface area contributed by atoms with Gasteiger partial charge in [0.2, 0.25) is 5.88 Å². The molecule has 0 bridgehead atoms. The highest BCUT2D eigenvalue weighted by Gasteiger charge is 2.30. The van der Waals surface area contributed by atoms with E-state index in [0.29, 0.717) is 23.6 Å². The van der Waals surface area contributed by atoms with E-state index >= 15 is 0 Å². The zero-order chi connectivity index (χ0) is 14.6. The first-order valence-corrected chi connectivity index (χ1v) is 5.70. The summed E-state index contributed by atoms with van der Waals surface area (Å²) in [5, 5.41) is 0. The molecular weight excluding hydrogens is 271 g/mol. The van der Waals surface area contributed by atoms with Gasteiger partial charge in [0.15, 0.2) is 0 Å². The molecule has 2 rings (SSSR count). The molecule has 1 aromatic heterocycles. The number of alkyl halides is 3. The van der Waals surface area contributed by atoms with Crippen LogP contribution >= 0.6 is 0 Å². The van der Waals surface area contributed by atoms with Crippen LogP contribution in [0.3, 0.4) is 0 Å². The largest absolute Gasteiger partial charge is 0.473 e. The summed E-state index contributed by atoms with van der Waals surface area (Å²) in [5.41, 5.74) is 0.279. The normalized spacial score (nSPS) is 11.2. The molecule has 0 aliphatic heterocycles. The van der Waals surface area contributed by atoms with Gasteiger partial charge in [0.05, 0.1) is 5.56 Å². The number of nitrogens with zero attached hydrogens (tertiary/aromatic N) is 1. The Hall–Kier alpha value is -2.37. The molecule has 0 fully saturated rings. The van der Waals surface area contributed by atoms with Gasteiger partial charge in [-0.25, -0.2) is 4.98 Å². The van der Waals surface area contributed by atoms with Crippen molar-refractivity contribution >= 4 is 6.29 Å². The lowest BCUT2D eigenvalue weighted by Crippen LogP contribution is -2.06. The number of pyridine rings is 1. The topological polar surface area (TPSA) is 39.2 Å². The van der Waals surface area contributed by atoms with Gasteiger partial charge in [-0.15, -0.1) is 0 Å². The summed E-state index contributed by atoms with van der Waals surface area (Å²) >= 11 is 0. The Morgan fingerprint density at radius 3 is 2.50 bits per heavy atom. The third-order valence-corrected chi connectivity index (χ3v) is 2.62. The molecule has 0 unspecified atom stereocenters. The molecule has 0 aliphatic rings. The zero-order valence-electron chi connectivity index (χ0n) is 10.2. The second-order valence-electron chi connectivity index (χ2n) is 3.99. The van der Waals surface area contributed by atoms with E-state index in [9.17, 15) is 18.0 Å². The summed E-state index contributed by atoms with van der Waals surface area (Å²) in [6.45, 7) is 0.0628. The van der Waals surface area contributed by atoms with E-state index < -0.39 is 11.7 Å². The standard InChI is InChI=1S/C14H10F3NO2/c15-14(16,17)12-5-6-13(18-7-12)20-9-11-4-2-1-3-10(11)8-19/h1-8H,9H2. The number of hydrogen-bond acceptors (Lipinski definition) is 3. The molecule has 0 radical (unpaired) electrons. The van der Waals surface area contributed by atoms with E-state index in [2.05, 4.69) is 4.98 Å². The van der Waals surface area contributed by atoms with Gasteiger partial charge in [-0.2, -0.15) is 13.2 Å². The molecule has 3 nitrogen and oxygen atoms in total. The molecule has 0 saturated carbocycles. The van der Waals surface area contributed by atoms with Crippen LogP contribution in [0.25, 0.3) is 0 Å². The summed E-state index contributed by atoms with van der Waals surface area (Å²) < 4.78 is 42.3. The minimum Gasteiger partial charge on any atom is -0.473 e. The number of hydrogen-bond donors (Lipinski definition) is 0. The van der Waals surface area contributed by atoms with Crippen molar-refractivity contribution in [1.82, 2.24) is 4.98 Å². The second-order valence-corrected chi connectivity index (χ2v) is 3.99. The molecule has 104 valence electrons. The Morgan fingerprint density at radius 2 is 1.90 bits per heavy atom. The van der Waals surface area contributed by atoms with Crippen molar-refractivity contribution in [1.29, 1.82) is 0 Å². The van der Waals surface area contributed by atoms with Crippen LogP contribution in [0.1, 0.15) is 21.5 Å². The van der Waals surface area contributed by atoms with Gasteiger partial charge >= 0.3 is 6.18 Å². The first-order valence-electron chi connectivity index (χ1n) is 5.70. The van der Waals surface area contributed by atoms with Gasteiger partial charge in [-0.05, 0) is 11.6 Å². The molecule has 2 aromatic rings. The van der Waals surface area contributed by atoms with Gasteiger partial charge in [0.1, 0.15) is 12.9 Å². The Bertz CT molecular complexity index is 594. The molecule has 0 amide bonds. The number of ether oxygens (including phenoxy) is 1. The predicted molar refractivity (Wildman–Crippen MR) is 65.4 cm³/mol. The second kappa shape index (κ2) is 5.73. The molecule has 0 spiro atoms. The lowest BCUT2D eigenvalue weighted by Gasteiger charge is -2.09. The molecule has 20 heavy (non-hydrogen) atoms. The number of aldehydes is 1. The lowest BCUT2D eigenvalue weighted by molar-refractivity contribution is -0.137. The molecule has 6 heteroatoms. The van der Waals surface area contributed by atoms with Crippen LogP contribution in [-0.2, 0) is 12.8 Å². The van der Waals surface area contributed by atoms with Crippen molar-refractivity contribution in [3.63, 3.8) is 0 Å². The minimum atomic E-state index is -4.42. The molecule has 0 saturated heterocycles. The van der Waals surface area contributed by atoms with E-state index in [4.69, 9.17) is 4.74 Å². The quantitative estimate of drug-likeness (QED) is 0.805. The van der Waals surface area contributed by atoms with Crippen LogP contribution in [0.15, 0.2) is 42.6 Å². The summed E-state index contributed by atoms with van der Waals surface area (Å²) in [6, 6.07) is 8.83. The Kier molecular flexibility index (Phi) is 4.02. The first kappa shape index (κ1) is 14.0. The fraction of sp³-hybridized carbons (Fsp3) is 0.143. The Labute approximate surface area is 113 Å². The number of carbonyl (C=O) groups is 1. The Morgan fingerprint density at radius 1 is 1.15 bits per heavy atom. The molecular formula is C14H10F3NO2. The molecule has 0 aliphatic carbocycles. The van der Waals surface area contributed by atoms with Crippen LogP contribution < -0.4 is 4.74 Å². The summed E-state index contributed by atoms with van der Waals surface area (Å²) in [5.74, 6) is 0.0682. The minimum absolute atomic E-state index is 0.0628. The van der Waals surface area contributed by atoms with Crippen molar-refractivity contribution in [2.75, 3.05) is 0 Å². The van der Waals surface area contributed by atoms with Crippen molar-refractivity contribution in [2.24, 2.45) is 0 Å². The number of rotatable bonds is 4. The van der Waals surface area contributed by atoms with E-state index in [1.807, 2.05) is 0 Å². The van der Waals surface area contributed by atoms with E-state index in [0.717, 1.165) is 12.1 Å². The fourth-order valence-corrected chi connectivity index (χ4v) is 1.57. The molecule has 1 aromatic carbocycles. The van der Waals surface area contributed by atoms with Gasteiger partial charge in [0, 0.05) is 17.8 Å². The van der Waals surface area contributed by atoms with Crippen molar-refractivity contribution in [3.05, 3.63) is 59.3 Å². The zero-order valence-corrected chi connectivity index (χ0v) is 10.2. The number of halogens is 3. The van der Waals surface area contributed by atoms with Crippen LogP contribution in [-0.4, -0.2) is 11.3 Å². The average molecular weight is 281 g/mol. The highest BCUT2D eigenvalue weighted by Crippen LogP contribution is 2.29. The number of aromatic nitrogens is 1. The smallest absolute Gasteiger partial charge is 0.417 e. The number of benzene rings is 1. The highest BCUT2D eigenvalue weighted by atomic mass is 19.4. The SMILES string of the molecule is O=Cc1ccccc1COc1ccc(C(F)(F)F)cn1. The van der Waals surface area contributed by atoms with Crippen molar-refractivity contribution < 1.29 is 22.7 Å². The third-order valence-electron chi connectivity index (χ3n) is 2.62. The van der Waals surface area contributed by atoms with Crippen LogP contribution in [0.4, 0.5) is 13.2 Å². The van der Waals surface area contributed by atoms with Gasteiger partial charge in [0.25, 0.3) is 0 Å². The summed E-state index contributed by atoms with van der Waals surface area (Å²) in [4.78, 5) is 14.4. The first-order chi connectivity index (χ1) is 9.50. The molecule has 1 heterocycles. The fourth-order valence-electron chi connectivity index (χ4n) is 1.57. The van der Waals surface area contributed by atoms with Gasteiger partial charge < -0.3 is 4.74 Å². The summed E-state index contributed by atoms with van der Waals surface area (Å²) in [6.07, 6.45) is -3.02.